The Morgan fingerprint density at radius 2 is 2.38 bits per heavy atom. The predicted molar refractivity (Wildman–Crippen MR) is 45.5 cm³/mol. The number of hydrogen-bond donors (Lipinski definition) is 0. The molecule has 0 amide bonds. The fourth-order valence-corrected chi connectivity index (χ4v) is 2.77. The summed E-state index contributed by atoms with van der Waals surface area (Å²) in [6.07, 6.45) is 6.20. The lowest BCUT2D eigenvalue weighted by Crippen LogP contribution is -1.70. The summed E-state index contributed by atoms with van der Waals surface area (Å²) in [4.78, 5) is 0. The van der Waals surface area contributed by atoms with Crippen LogP contribution in [0.1, 0.15) is 0 Å². The Morgan fingerprint density at radius 3 is 3.25 bits per heavy atom. The van der Waals surface area contributed by atoms with E-state index in [0.29, 0.717) is 0 Å². The second kappa shape index (κ2) is 3.43. The van der Waals surface area contributed by atoms with Crippen molar-refractivity contribution < 1.29 is 0 Å². The van der Waals surface area contributed by atoms with E-state index in [-0.39, 0.29) is 8.49 Å². The summed E-state index contributed by atoms with van der Waals surface area (Å²) in [5.74, 6) is 1.07. The van der Waals surface area contributed by atoms with Gasteiger partial charge in [0.15, 0.2) is 0 Å². The highest BCUT2D eigenvalue weighted by atomic mass is 33.3. The third-order valence-electron chi connectivity index (χ3n) is 0.717. The van der Waals surface area contributed by atoms with Gasteiger partial charge < -0.3 is 0 Å². The maximum absolute atomic E-state index is 5.04. The molecular formula is C5H6S3. The summed E-state index contributed by atoms with van der Waals surface area (Å²) in [6.45, 7) is 0. The highest BCUT2D eigenvalue weighted by Gasteiger charge is 1.88. The lowest BCUT2D eigenvalue weighted by molar-refractivity contribution is 1.78. The van der Waals surface area contributed by atoms with Crippen LogP contribution in [0.2, 0.25) is 0 Å². The third kappa shape index (κ3) is 2.11. The van der Waals surface area contributed by atoms with Crippen molar-refractivity contribution in [1.29, 1.82) is 0 Å². The number of rotatable bonds is 0. The predicted octanol–water partition coefficient (Wildman–Crippen LogP) is 1.80. The van der Waals surface area contributed by atoms with Crippen molar-refractivity contribution in [3.05, 3.63) is 23.6 Å². The molecular weight excluding hydrogens is 156 g/mol. The zero-order chi connectivity index (χ0) is 5.82. The second-order valence-corrected chi connectivity index (χ2v) is 6.16. The molecule has 0 aromatic rings. The van der Waals surface area contributed by atoms with Crippen molar-refractivity contribution in [3.63, 3.8) is 0 Å². The minimum Gasteiger partial charge on any atom is -0.0814 e. The van der Waals surface area contributed by atoms with E-state index < -0.39 is 0 Å². The molecule has 44 valence electrons. The molecule has 1 rings (SSSR count). The third-order valence-corrected chi connectivity index (χ3v) is 4.30. The number of hydrogen-bond acceptors (Lipinski definition) is 2. The van der Waals surface area contributed by atoms with Gasteiger partial charge in [-0.1, -0.05) is 29.0 Å². The van der Waals surface area contributed by atoms with Crippen LogP contribution < -0.4 is 0 Å². The molecule has 0 N–H and O–H groups in total. The van der Waals surface area contributed by atoms with E-state index >= 15 is 0 Å². The fraction of sp³-hybridized carbons (Fsp3) is 0.200. The van der Waals surface area contributed by atoms with E-state index in [9.17, 15) is 0 Å². The zero-order valence-corrected chi connectivity index (χ0v) is 6.69. The van der Waals surface area contributed by atoms with Crippen molar-refractivity contribution in [2.75, 3.05) is 5.75 Å². The van der Waals surface area contributed by atoms with Gasteiger partial charge in [0.25, 0.3) is 0 Å². The fourth-order valence-electron chi connectivity index (χ4n) is 0.389. The minimum absolute atomic E-state index is 0.0494. The van der Waals surface area contributed by atoms with Crippen molar-refractivity contribution in [3.8, 4) is 0 Å². The van der Waals surface area contributed by atoms with Gasteiger partial charge in [-0.05, 0) is 25.1 Å². The summed E-state index contributed by atoms with van der Waals surface area (Å²) in [7, 11) is 1.86. The molecule has 0 saturated carbocycles. The van der Waals surface area contributed by atoms with Gasteiger partial charge >= 0.3 is 0 Å². The van der Waals surface area contributed by atoms with E-state index in [1.807, 2.05) is 22.9 Å². The van der Waals surface area contributed by atoms with E-state index in [0.717, 1.165) is 5.75 Å². The first-order valence-electron chi connectivity index (χ1n) is 2.27. The molecule has 0 aliphatic carbocycles. The Hall–Kier alpha value is 0.400. The van der Waals surface area contributed by atoms with Gasteiger partial charge in [0.05, 0.1) is 0 Å². The summed E-state index contributed by atoms with van der Waals surface area (Å²) in [5, 5.41) is 2.06. The Bertz CT molecular complexity index is 146. The lowest BCUT2D eigenvalue weighted by atomic mass is 10.5. The molecule has 1 unspecified atom stereocenters. The molecule has 8 heavy (non-hydrogen) atoms. The number of allylic oxidation sites excluding steroid dienone is 2. The summed E-state index contributed by atoms with van der Waals surface area (Å²) >= 11 is 5.04. The smallest absolute Gasteiger partial charge is 0.0226 e. The topological polar surface area (TPSA) is 0 Å². The maximum atomic E-state index is 5.04. The van der Waals surface area contributed by atoms with Gasteiger partial charge in [0.1, 0.15) is 0 Å². The van der Waals surface area contributed by atoms with E-state index in [1.54, 1.807) is 0 Å². The van der Waals surface area contributed by atoms with Crippen LogP contribution in [0.3, 0.4) is 0 Å². The molecule has 3 heteroatoms. The quantitative estimate of drug-likeness (QED) is 0.498. The molecule has 0 spiro atoms. The molecule has 0 aromatic heterocycles. The van der Waals surface area contributed by atoms with Crippen LogP contribution in [-0.2, 0) is 19.7 Å². The van der Waals surface area contributed by atoms with Crippen LogP contribution in [0.25, 0.3) is 0 Å². The van der Waals surface area contributed by atoms with E-state index in [4.69, 9.17) is 11.2 Å². The van der Waals surface area contributed by atoms with Crippen molar-refractivity contribution in [2.24, 2.45) is 0 Å². The molecule has 1 aliphatic heterocycles. The lowest BCUT2D eigenvalue weighted by Gasteiger charge is -1.88. The van der Waals surface area contributed by atoms with Gasteiger partial charge in [-0.15, -0.1) is 0 Å². The van der Waals surface area contributed by atoms with Crippen LogP contribution in [0.4, 0.5) is 0 Å². The van der Waals surface area contributed by atoms with Crippen LogP contribution >= 0.6 is 10.8 Å². The van der Waals surface area contributed by atoms with Gasteiger partial charge in [-0.3, -0.25) is 0 Å². The van der Waals surface area contributed by atoms with Crippen molar-refractivity contribution in [2.45, 2.75) is 0 Å². The highest BCUT2D eigenvalue weighted by molar-refractivity contribution is 8.83. The first-order valence-corrected chi connectivity index (χ1v) is 5.98. The first-order chi connectivity index (χ1) is 3.89. The van der Waals surface area contributed by atoms with Gasteiger partial charge in [0, 0.05) is 5.75 Å². The van der Waals surface area contributed by atoms with Crippen molar-refractivity contribution in [1.82, 2.24) is 0 Å². The van der Waals surface area contributed by atoms with Gasteiger partial charge in [-0.25, -0.2) is 0 Å². The molecule has 0 saturated heterocycles. The zero-order valence-electron chi connectivity index (χ0n) is 4.24. The maximum Gasteiger partial charge on any atom is 0.0226 e. The second-order valence-electron chi connectivity index (χ2n) is 1.30. The van der Waals surface area contributed by atoms with Crippen LogP contribution in [0.15, 0.2) is 23.6 Å². The molecule has 0 radical (unpaired) electrons. The first kappa shape index (κ1) is 6.52. The van der Waals surface area contributed by atoms with Crippen LogP contribution in [0.5, 0.6) is 0 Å². The Kier molecular flexibility index (Phi) is 2.80. The molecule has 0 fully saturated rings. The average molecular weight is 162 g/mol. The normalized spacial score (nSPS) is 27.8. The SMILES string of the molecule is S=S1C=CC=CCS1. The molecule has 1 heterocycles. The van der Waals surface area contributed by atoms with Crippen LogP contribution in [-0.4, -0.2) is 5.75 Å². The Morgan fingerprint density at radius 1 is 1.50 bits per heavy atom. The Labute approximate surface area is 60.0 Å². The summed E-state index contributed by atoms with van der Waals surface area (Å²) in [6, 6.07) is 0. The van der Waals surface area contributed by atoms with Crippen molar-refractivity contribution >= 4 is 30.5 Å². The van der Waals surface area contributed by atoms with E-state index in [2.05, 4.69) is 11.5 Å². The molecule has 0 aromatic carbocycles. The Balaban J connectivity index is 2.58. The summed E-state index contributed by atoms with van der Waals surface area (Å²) in [5.41, 5.74) is 0. The molecule has 0 bridgehead atoms. The van der Waals surface area contributed by atoms with Gasteiger partial charge in [-0.2, -0.15) is 0 Å². The largest absolute Gasteiger partial charge is 0.0814 e. The standard InChI is InChI=1S/C5H6S3/c6-8-5-3-1-2-4-7-8/h1-3,5H,4H2. The minimum atomic E-state index is 0.0494. The van der Waals surface area contributed by atoms with Crippen LogP contribution in [0, 0.1) is 0 Å². The molecule has 1 atom stereocenters. The van der Waals surface area contributed by atoms with Gasteiger partial charge in [0.2, 0.25) is 0 Å². The molecule has 0 nitrogen and oxygen atoms in total. The summed E-state index contributed by atoms with van der Waals surface area (Å²) < 4.78 is 0. The average Bonchev–Trinajstić information content (AvgIpc) is 1.94. The van der Waals surface area contributed by atoms with E-state index in [1.165, 1.54) is 0 Å². The molecule has 1 aliphatic rings. The monoisotopic (exact) mass is 162 g/mol. The highest BCUT2D eigenvalue weighted by Crippen LogP contribution is 2.12.